The molecule has 1 amide bonds. The molecule has 1 N–H and O–H groups in total. The van der Waals surface area contributed by atoms with Crippen LogP contribution in [0, 0.1) is 11.7 Å². The van der Waals surface area contributed by atoms with Gasteiger partial charge in [-0.05, 0) is 17.5 Å². The Kier molecular flexibility index (Phi) is 7.66. The summed E-state index contributed by atoms with van der Waals surface area (Å²) < 4.78 is 19.1. The standard InChI is InChI=1S/C19H29FN2O2/c1-3-15(4-2)18(22-9-11-24-12-10-22)14-21-19(23)13-16-7-5-6-8-17(16)20/h5-8,15,18H,3-4,9-14H2,1-2H3,(H,21,23). The van der Waals surface area contributed by atoms with Crippen LogP contribution in [0.15, 0.2) is 24.3 Å². The topological polar surface area (TPSA) is 41.6 Å². The molecule has 0 bridgehead atoms. The van der Waals surface area contributed by atoms with E-state index in [-0.39, 0.29) is 18.1 Å². The molecule has 0 spiro atoms. The number of halogens is 1. The van der Waals surface area contributed by atoms with Crippen LogP contribution in [0.4, 0.5) is 4.39 Å². The summed E-state index contributed by atoms with van der Waals surface area (Å²) >= 11 is 0. The van der Waals surface area contributed by atoms with Crippen LogP contribution in [0.5, 0.6) is 0 Å². The van der Waals surface area contributed by atoms with Gasteiger partial charge in [0.15, 0.2) is 0 Å². The number of carbonyl (C=O) groups excluding carboxylic acids is 1. The van der Waals surface area contributed by atoms with E-state index in [4.69, 9.17) is 4.74 Å². The zero-order chi connectivity index (χ0) is 17.4. The van der Waals surface area contributed by atoms with Gasteiger partial charge < -0.3 is 10.1 Å². The third-order valence-electron chi connectivity index (χ3n) is 4.92. The minimum Gasteiger partial charge on any atom is -0.379 e. The Morgan fingerprint density at radius 1 is 1.25 bits per heavy atom. The second kappa shape index (κ2) is 9.74. The molecule has 134 valence electrons. The van der Waals surface area contributed by atoms with Crippen molar-refractivity contribution in [3.63, 3.8) is 0 Å². The third kappa shape index (κ3) is 5.28. The number of hydrogen-bond donors (Lipinski definition) is 1. The minimum atomic E-state index is -0.322. The first-order valence-electron chi connectivity index (χ1n) is 8.97. The van der Waals surface area contributed by atoms with Crippen molar-refractivity contribution in [1.29, 1.82) is 0 Å². The van der Waals surface area contributed by atoms with E-state index in [1.54, 1.807) is 18.2 Å². The van der Waals surface area contributed by atoms with Gasteiger partial charge in [0, 0.05) is 25.7 Å². The lowest BCUT2D eigenvalue weighted by Crippen LogP contribution is -2.52. The first-order chi connectivity index (χ1) is 11.7. The summed E-state index contributed by atoms with van der Waals surface area (Å²) in [6.45, 7) is 8.32. The van der Waals surface area contributed by atoms with Gasteiger partial charge in [-0.2, -0.15) is 0 Å². The van der Waals surface area contributed by atoms with E-state index in [2.05, 4.69) is 24.1 Å². The molecule has 1 fully saturated rings. The monoisotopic (exact) mass is 336 g/mol. The molecule has 1 aromatic rings. The Morgan fingerprint density at radius 3 is 2.54 bits per heavy atom. The highest BCUT2D eigenvalue weighted by Crippen LogP contribution is 2.19. The van der Waals surface area contributed by atoms with Crippen molar-refractivity contribution >= 4 is 5.91 Å². The normalized spacial score (nSPS) is 17.0. The van der Waals surface area contributed by atoms with Gasteiger partial charge in [0.05, 0.1) is 19.6 Å². The van der Waals surface area contributed by atoms with Gasteiger partial charge in [-0.15, -0.1) is 0 Å². The van der Waals surface area contributed by atoms with Crippen LogP contribution in [0.3, 0.4) is 0 Å². The van der Waals surface area contributed by atoms with E-state index in [1.165, 1.54) is 6.07 Å². The molecule has 1 heterocycles. The second-order valence-corrected chi connectivity index (χ2v) is 6.36. The first kappa shape index (κ1) is 18.9. The maximum absolute atomic E-state index is 13.7. The Labute approximate surface area is 144 Å². The Hall–Kier alpha value is -1.46. The SMILES string of the molecule is CCC(CC)C(CNC(=O)Cc1ccccc1F)N1CCOCC1. The summed E-state index contributed by atoms with van der Waals surface area (Å²) in [4.78, 5) is 14.7. The lowest BCUT2D eigenvalue weighted by atomic mass is 9.92. The van der Waals surface area contributed by atoms with E-state index in [1.807, 2.05) is 0 Å². The van der Waals surface area contributed by atoms with Crippen LogP contribution in [0.2, 0.25) is 0 Å². The van der Waals surface area contributed by atoms with E-state index < -0.39 is 0 Å². The number of nitrogens with one attached hydrogen (secondary N) is 1. The van der Waals surface area contributed by atoms with Crippen molar-refractivity contribution in [2.24, 2.45) is 5.92 Å². The van der Waals surface area contributed by atoms with Crippen molar-refractivity contribution in [3.8, 4) is 0 Å². The Morgan fingerprint density at radius 2 is 1.92 bits per heavy atom. The average Bonchev–Trinajstić information content (AvgIpc) is 2.61. The van der Waals surface area contributed by atoms with Gasteiger partial charge in [0.1, 0.15) is 5.82 Å². The fourth-order valence-corrected chi connectivity index (χ4v) is 3.43. The molecule has 1 saturated heterocycles. The Balaban J connectivity index is 1.93. The molecule has 1 aliphatic rings. The van der Waals surface area contributed by atoms with E-state index >= 15 is 0 Å². The maximum atomic E-state index is 13.7. The second-order valence-electron chi connectivity index (χ2n) is 6.36. The number of amides is 1. The lowest BCUT2D eigenvalue weighted by molar-refractivity contribution is -0.121. The van der Waals surface area contributed by atoms with Crippen molar-refractivity contribution < 1.29 is 13.9 Å². The number of morpholine rings is 1. The summed E-state index contributed by atoms with van der Waals surface area (Å²) in [5.41, 5.74) is 0.445. The van der Waals surface area contributed by atoms with Crippen LogP contribution >= 0.6 is 0 Å². The highest BCUT2D eigenvalue weighted by Gasteiger charge is 2.27. The first-order valence-corrected chi connectivity index (χ1v) is 8.97. The van der Waals surface area contributed by atoms with Crippen LogP contribution in [0.1, 0.15) is 32.3 Å². The van der Waals surface area contributed by atoms with Crippen LogP contribution in [0.25, 0.3) is 0 Å². The van der Waals surface area contributed by atoms with Crippen molar-refractivity contribution in [1.82, 2.24) is 10.2 Å². The largest absolute Gasteiger partial charge is 0.379 e. The van der Waals surface area contributed by atoms with Crippen LogP contribution in [-0.4, -0.2) is 49.7 Å². The summed E-state index contributed by atoms with van der Waals surface area (Å²) in [7, 11) is 0. The molecule has 0 radical (unpaired) electrons. The number of carbonyl (C=O) groups is 1. The van der Waals surface area contributed by atoms with Gasteiger partial charge >= 0.3 is 0 Å². The molecule has 4 nitrogen and oxygen atoms in total. The molecule has 24 heavy (non-hydrogen) atoms. The minimum absolute atomic E-state index is 0.0887. The molecule has 0 saturated carbocycles. The quantitative estimate of drug-likeness (QED) is 0.793. The fraction of sp³-hybridized carbons (Fsp3) is 0.632. The molecule has 1 atom stereocenters. The fourth-order valence-electron chi connectivity index (χ4n) is 3.43. The average molecular weight is 336 g/mol. The molecular formula is C19H29FN2O2. The molecule has 0 aliphatic carbocycles. The van der Waals surface area contributed by atoms with Gasteiger partial charge in [-0.25, -0.2) is 4.39 Å². The molecule has 5 heteroatoms. The number of ether oxygens (including phenoxy) is 1. The summed E-state index contributed by atoms with van der Waals surface area (Å²) in [6, 6.07) is 6.76. The summed E-state index contributed by atoms with van der Waals surface area (Å²) in [5, 5.41) is 3.02. The third-order valence-corrected chi connectivity index (χ3v) is 4.92. The van der Waals surface area contributed by atoms with Crippen LogP contribution < -0.4 is 5.32 Å². The molecule has 1 aromatic carbocycles. The zero-order valence-corrected chi connectivity index (χ0v) is 14.8. The van der Waals surface area contributed by atoms with E-state index in [0.717, 1.165) is 39.1 Å². The van der Waals surface area contributed by atoms with Gasteiger partial charge in [-0.1, -0.05) is 44.9 Å². The molecule has 2 rings (SSSR count). The summed E-state index contributed by atoms with van der Waals surface area (Å²) in [6.07, 6.45) is 2.26. The number of nitrogens with zero attached hydrogens (tertiary/aromatic N) is 1. The maximum Gasteiger partial charge on any atom is 0.224 e. The highest BCUT2D eigenvalue weighted by molar-refractivity contribution is 5.78. The summed E-state index contributed by atoms with van der Waals surface area (Å²) in [5.74, 6) is 0.0959. The number of benzene rings is 1. The number of rotatable bonds is 8. The lowest BCUT2D eigenvalue weighted by Gasteiger charge is -2.38. The smallest absolute Gasteiger partial charge is 0.224 e. The van der Waals surface area contributed by atoms with E-state index in [9.17, 15) is 9.18 Å². The van der Waals surface area contributed by atoms with Crippen molar-refractivity contribution in [2.45, 2.75) is 39.2 Å². The molecule has 1 unspecified atom stereocenters. The number of hydrogen-bond acceptors (Lipinski definition) is 3. The van der Waals surface area contributed by atoms with E-state index in [0.29, 0.717) is 24.1 Å². The van der Waals surface area contributed by atoms with Crippen molar-refractivity contribution in [2.75, 3.05) is 32.8 Å². The molecular weight excluding hydrogens is 307 g/mol. The van der Waals surface area contributed by atoms with Crippen LogP contribution in [-0.2, 0) is 16.0 Å². The predicted octanol–water partition coefficient (Wildman–Crippen LogP) is 2.62. The zero-order valence-electron chi connectivity index (χ0n) is 14.8. The van der Waals surface area contributed by atoms with Gasteiger partial charge in [0.25, 0.3) is 0 Å². The Bertz CT molecular complexity index is 514. The van der Waals surface area contributed by atoms with Gasteiger partial charge in [0.2, 0.25) is 5.91 Å². The highest BCUT2D eigenvalue weighted by atomic mass is 19.1. The van der Waals surface area contributed by atoms with Crippen molar-refractivity contribution in [3.05, 3.63) is 35.6 Å². The molecule has 1 aliphatic heterocycles. The molecule has 0 aromatic heterocycles. The predicted molar refractivity (Wildman–Crippen MR) is 93.4 cm³/mol. The van der Waals surface area contributed by atoms with Gasteiger partial charge in [-0.3, -0.25) is 9.69 Å².